The van der Waals surface area contributed by atoms with Crippen molar-refractivity contribution in [3.05, 3.63) is 24.9 Å². The highest BCUT2D eigenvalue weighted by Crippen LogP contribution is 2.06. The predicted octanol–water partition coefficient (Wildman–Crippen LogP) is 2.55. The van der Waals surface area contributed by atoms with E-state index < -0.39 is 12.1 Å². The molecule has 0 aromatic rings. The van der Waals surface area contributed by atoms with Gasteiger partial charge in [0.05, 0.1) is 0 Å². The second-order valence-corrected chi connectivity index (χ2v) is 6.22. The van der Waals surface area contributed by atoms with Crippen molar-refractivity contribution < 1.29 is 24.2 Å². The molecule has 0 aliphatic carbocycles. The maximum Gasteiger partial charge on any atom is 0.408 e. The first kappa shape index (κ1) is 26.9. The number of ether oxygens (including phenoxy) is 1. The molecule has 0 radical (unpaired) electrons. The summed E-state index contributed by atoms with van der Waals surface area (Å²) in [6.45, 7) is 8.07. The number of hydrogen-bond acceptors (Lipinski definition) is 5. The highest BCUT2D eigenvalue weighted by Gasteiger charge is 2.21. The zero-order valence-corrected chi connectivity index (χ0v) is 16.5. The van der Waals surface area contributed by atoms with Crippen LogP contribution < -0.4 is 16.4 Å². The van der Waals surface area contributed by atoms with Gasteiger partial charge in [-0.25, -0.2) is 4.79 Å². The van der Waals surface area contributed by atoms with E-state index in [1.807, 2.05) is 19.9 Å². The number of amides is 2. The molecule has 0 unspecified atom stereocenters. The maximum atomic E-state index is 12.2. The molecular formula is C19H35N3O5. The summed E-state index contributed by atoms with van der Waals surface area (Å²) >= 11 is 0. The van der Waals surface area contributed by atoms with Crippen LogP contribution in [0.3, 0.4) is 0 Å². The summed E-state index contributed by atoms with van der Waals surface area (Å²) in [5, 5.41) is 12.2. The molecule has 0 fully saturated rings. The van der Waals surface area contributed by atoms with Gasteiger partial charge in [-0.15, -0.1) is 0 Å². The number of nitrogens with two attached hydrogens (primary N) is 1. The highest BCUT2D eigenvalue weighted by molar-refractivity contribution is 5.86. The fourth-order valence-corrected chi connectivity index (χ4v) is 2.11. The number of carbonyl (C=O) groups excluding carboxylic acids is 2. The zero-order chi connectivity index (χ0) is 20.9. The molecule has 8 heteroatoms. The molecule has 0 saturated carbocycles. The van der Waals surface area contributed by atoms with Crippen LogP contribution in [0.5, 0.6) is 0 Å². The van der Waals surface area contributed by atoms with Crippen molar-refractivity contribution in [2.24, 2.45) is 11.7 Å². The van der Waals surface area contributed by atoms with Gasteiger partial charge in [0.2, 0.25) is 5.91 Å². The number of unbranched alkanes of at least 4 members (excludes halogenated alkanes) is 4. The van der Waals surface area contributed by atoms with E-state index in [0.717, 1.165) is 38.6 Å². The first-order valence-electron chi connectivity index (χ1n) is 9.20. The van der Waals surface area contributed by atoms with Crippen LogP contribution in [0.15, 0.2) is 24.9 Å². The Balaban J connectivity index is 0. The molecule has 0 aliphatic rings. The molecule has 156 valence electrons. The minimum absolute atomic E-state index is 0.117. The Hall–Kier alpha value is -2.35. The van der Waals surface area contributed by atoms with Crippen molar-refractivity contribution in [1.82, 2.24) is 10.6 Å². The van der Waals surface area contributed by atoms with Gasteiger partial charge in [0, 0.05) is 0 Å². The molecule has 1 atom stereocenters. The van der Waals surface area contributed by atoms with Gasteiger partial charge in [0.15, 0.2) is 0 Å². The Morgan fingerprint density at radius 3 is 2.41 bits per heavy atom. The first-order chi connectivity index (χ1) is 12.9. The molecule has 27 heavy (non-hydrogen) atoms. The number of hydrogen-bond donors (Lipinski definition) is 4. The topological polar surface area (TPSA) is 131 Å². The predicted molar refractivity (Wildman–Crippen MR) is 106 cm³/mol. The van der Waals surface area contributed by atoms with Crippen LogP contribution in [0.25, 0.3) is 0 Å². The Bertz CT molecular complexity index is 439. The minimum Gasteiger partial charge on any atom is -0.483 e. The second kappa shape index (κ2) is 20.0. The van der Waals surface area contributed by atoms with Crippen LogP contribution in [0, 0.1) is 5.92 Å². The normalized spacial score (nSPS) is 11.3. The van der Waals surface area contributed by atoms with E-state index in [4.69, 9.17) is 20.4 Å². The smallest absolute Gasteiger partial charge is 0.408 e. The van der Waals surface area contributed by atoms with Crippen molar-refractivity contribution in [3.8, 4) is 0 Å². The summed E-state index contributed by atoms with van der Waals surface area (Å²) < 4.78 is 4.87. The summed E-state index contributed by atoms with van der Waals surface area (Å²) in [6, 6.07) is -0.614. The van der Waals surface area contributed by atoms with Gasteiger partial charge in [0.1, 0.15) is 12.6 Å². The highest BCUT2D eigenvalue weighted by atomic mass is 16.5. The van der Waals surface area contributed by atoms with E-state index in [1.165, 1.54) is 6.08 Å². The summed E-state index contributed by atoms with van der Waals surface area (Å²) in [5.74, 6) is 0.0330. The molecule has 8 nitrogen and oxygen atoms in total. The van der Waals surface area contributed by atoms with E-state index >= 15 is 0 Å². The molecule has 5 N–H and O–H groups in total. The van der Waals surface area contributed by atoms with Crippen LogP contribution >= 0.6 is 0 Å². The van der Waals surface area contributed by atoms with Crippen LogP contribution in [0.4, 0.5) is 4.79 Å². The third kappa shape index (κ3) is 19.8. The molecule has 0 saturated heterocycles. The van der Waals surface area contributed by atoms with Gasteiger partial charge in [-0.05, 0) is 44.3 Å². The van der Waals surface area contributed by atoms with Crippen molar-refractivity contribution in [1.29, 1.82) is 0 Å². The largest absolute Gasteiger partial charge is 0.483 e. The molecule has 2 amide bonds. The Kier molecular flexibility index (Phi) is 19.9. The third-order valence-corrected chi connectivity index (χ3v) is 3.32. The summed E-state index contributed by atoms with van der Waals surface area (Å²) in [7, 11) is 0. The number of carboxylic acid groups (broad SMARTS) is 1. The first-order valence-corrected chi connectivity index (χ1v) is 9.20. The lowest BCUT2D eigenvalue weighted by Crippen LogP contribution is -2.46. The van der Waals surface area contributed by atoms with Gasteiger partial charge in [-0.2, -0.15) is 0 Å². The zero-order valence-electron chi connectivity index (χ0n) is 16.5. The van der Waals surface area contributed by atoms with E-state index in [-0.39, 0.29) is 24.9 Å². The Labute approximate surface area is 162 Å². The third-order valence-electron chi connectivity index (χ3n) is 3.32. The quantitative estimate of drug-likeness (QED) is 0.219. The molecule has 0 aromatic carbocycles. The van der Waals surface area contributed by atoms with E-state index in [9.17, 15) is 9.59 Å². The Morgan fingerprint density at radius 1 is 1.22 bits per heavy atom. The van der Waals surface area contributed by atoms with Gasteiger partial charge in [-0.3, -0.25) is 9.59 Å². The minimum atomic E-state index is -0.614. The van der Waals surface area contributed by atoms with Crippen molar-refractivity contribution in [2.75, 3.05) is 13.2 Å². The van der Waals surface area contributed by atoms with Crippen LogP contribution in [-0.4, -0.2) is 42.8 Å². The second-order valence-electron chi connectivity index (χ2n) is 6.22. The van der Waals surface area contributed by atoms with Crippen molar-refractivity contribution in [2.45, 2.75) is 58.4 Å². The average Bonchev–Trinajstić information content (AvgIpc) is 2.61. The lowest BCUT2D eigenvalue weighted by atomic mass is 10.0. The van der Waals surface area contributed by atoms with E-state index in [1.54, 1.807) is 6.20 Å². The lowest BCUT2D eigenvalue weighted by molar-refractivity contribution is -0.123. The number of rotatable bonds is 13. The van der Waals surface area contributed by atoms with E-state index in [2.05, 4.69) is 17.2 Å². The molecule has 0 heterocycles. The Morgan fingerprint density at radius 2 is 1.85 bits per heavy atom. The number of nitrogens with one attached hydrogen (secondary N) is 2. The number of allylic oxidation sites excluding steroid dienone is 1. The summed E-state index contributed by atoms with van der Waals surface area (Å²) in [4.78, 5) is 32.2. The van der Waals surface area contributed by atoms with E-state index in [0.29, 0.717) is 6.42 Å². The van der Waals surface area contributed by atoms with Crippen molar-refractivity contribution in [3.63, 3.8) is 0 Å². The number of alkyl carbamates (subject to hydrolysis) is 1. The number of carbonyl (C=O) groups is 3. The molecule has 0 bridgehead atoms. The standard InChI is InChI=1S/C18H33N3O3.CH2O2/c1-4-13-24-18(23)21-16(14-15(2)3)17(22)20-12-10-8-6-5-7-9-11-19;2-1-3/h4,10,12,15-16H,1,5-9,11,13-14,19H2,2-3H3,(H,20,22)(H,21,23);1H,(H,2,3)/b12-10+;/t16-;/m0./s1. The summed E-state index contributed by atoms with van der Waals surface area (Å²) in [5.41, 5.74) is 5.44. The molecule has 0 aliphatic heterocycles. The molecule has 0 aromatic heterocycles. The van der Waals surface area contributed by atoms with Gasteiger partial charge < -0.3 is 26.2 Å². The maximum absolute atomic E-state index is 12.2. The SMILES string of the molecule is C=CCOC(=O)N[C@@H](CC(C)C)C(=O)N/C=C/CCCCCCN.O=CO. The fraction of sp³-hybridized carbons (Fsp3) is 0.632. The molecule has 0 rings (SSSR count). The van der Waals surface area contributed by atoms with Gasteiger partial charge in [-0.1, -0.05) is 45.4 Å². The van der Waals surface area contributed by atoms with Crippen LogP contribution in [0.2, 0.25) is 0 Å². The fourth-order valence-electron chi connectivity index (χ4n) is 2.11. The van der Waals surface area contributed by atoms with Crippen molar-refractivity contribution >= 4 is 18.5 Å². The van der Waals surface area contributed by atoms with Gasteiger partial charge in [0.25, 0.3) is 6.47 Å². The summed E-state index contributed by atoms with van der Waals surface area (Å²) in [6.07, 6.45) is 10.3. The van der Waals surface area contributed by atoms with Gasteiger partial charge >= 0.3 is 6.09 Å². The van der Waals surface area contributed by atoms with Crippen LogP contribution in [-0.2, 0) is 14.3 Å². The average molecular weight is 386 g/mol. The molecular weight excluding hydrogens is 350 g/mol. The lowest BCUT2D eigenvalue weighted by Gasteiger charge is -2.18. The van der Waals surface area contributed by atoms with Crippen LogP contribution in [0.1, 0.15) is 52.4 Å². The monoisotopic (exact) mass is 385 g/mol. The molecule has 0 spiro atoms.